The second kappa shape index (κ2) is 6.18. The molecule has 0 aliphatic carbocycles. The van der Waals surface area contributed by atoms with Gasteiger partial charge >= 0.3 is 0 Å². The minimum Gasteiger partial charge on any atom is -0.324 e. The number of hydrogen-bond acceptors (Lipinski definition) is 3. The molecule has 0 aliphatic rings. The summed E-state index contributed by atoms with van der Waals surface area (Å²) in [7, 11) is 0. The fraction of sp³-hybridized carbons (Fsp3) is 0.125. The molecule has 0 aliphatic heterocycles. The quantitative estimate of drug-likeness (QED) is 0.354. The maximum atomic E-state index is 5.06. The Balaban J connectivity index is 0.000000354. The lowest BCUT2D eigenvalue weighted by Gasteiger charge is -1.88. The van der Waals surface area contributed by atoms with Gasteiger partial charge in [-0.15, -0.1) is 6.58 Å². The van der Waals surface area contributed by atoms with E-state index >= 15 is 0 Å². The van der Waals surface area contributed by atoms with Crippen LogP contribution in [0.25, 0.3) is 6.08 Å². The summed E-state index contributed by atoms with van der Waals surface area (Å²) in [6.45, 7) is 8.77. The Bertz CT molecular complexity index is 239. The second-order valence-electron chi connectivity index (χ2n) is 1.94. The van der Waals surface area contributed by atoms with Crippen molar-refractivity contribution in [1.82, 2.24) is 9.97 Å². The van der Waals surface area contributed by atoms with Gasteiger partial charge in [0.1, 0.15) is 11.6 Å². The van der Waals surface area contributed by atoms with Crippen molar-refractivity contribution in [2.45, 2.75) is 6.92 Å². The van der Waals surface area contributed by atoms with Gasteiger partial charge in [-0.2, -0.15) is 0 Å². The topological polar surface area (TPSA) is 66.7 Å². The molecule has 1 aromatic rings. The first-order valence-electron chi connectivity index (χ1n) is 3.49. The Morgan fingerprint density at radius 3 is 2.50 bits per heavy atom. The molecular weight excluding hydrogens is 152 g/mol. The lowest BCUT2D eigenvalue weighted by Crippen LogP contribution is -2.06. The van der Waals surface area contributed by atoms with Crippen LogP contribution < -0.4 is 11.3 Å². The minimum absolute atomic E-state index is 0.685. The molecule has 1 aromatic heterocycles. The summed E-state index contributed by atoms with van der Waals surface area (Å²) >= 11 is 0. The van der Waals surface area contributed by atoms with Crippen molar-refractivity contribution in [3.05, 3.63) is 31.3 Å². The van der Waals surface area contributed by atoms with E-state index in [0.29, 0.717) is 11.6 Å². The molecule has 0 radical (unpaired) electrons. The molecule has 66 valence electrons. The van der Waals surface area contributed by atoms with Crippen LogP contribution >= 0.6 is 0 Å². The maximum absolute atomic E-state index is 5.06. The van der Waals surface area contributed by atoms with E-state index < -0.39 is 0 Å². The van der Waals surface area contributed by atoms with Crippen LogP contribution in [0.2, 0.25) is 0 Å². The molecule has 0 saturated heterocycles. The molecule has 0 amide bonds. The number of aromatic amines is 1. The summed E-state index contributed by atoms with van der Waals surface area (Å²) in [4.78, 5) is 6.74. The lowest BCUT2D eigenvalue weighted by molar-refractivity contribution is 1.24. The van der Waals surface area contributed by atoms with E-state index in [-0.39, 0.29) is 0 Å². The first-order valence-corrected chi connectivity index (χ1v) is 3.49. The zero-order chi connectivity index (χ0) is 9.40. The predicted molar refractivity (Wildman–Crippen MR) is 52.4 cm³/mol. The minimum atomic E-state index is 0.685. The van der Waals surface area contributed by atoms with E-state index in [1.54, 1.807) is 18.3 Å². The number of rotatable bonds is 2. The number of nitrogens with two attached hydrogens (primary N) is 1. The maximum Gasteiger partial charge on any atom is 0.137 e. The van der Waals surface area contributed by atoms with Crippen molar-refractivity contribution >= 4 is 11.9 Å². The van der Waals surface area contributed by atoms with Gasteiger partial charge in [0.05, 0.1) is 6.20 Å². The summed E-state index contributed by atoms with van der Waals surface area (Å²) in [6.07, 6.45) is 4.96. The Labute approximate surface area is 72.2 Å². The number of hydrazine groups is 1. The SMILES string of the molecule is C=CC.C=Cc1ncc(NN)[nH]1. The van der Waals surface area contributed by atoms with Crippen LogP contribution in [0, 0.1) is 0 Å². The Kier molecular flexibility index (Phi) is 5.38. The average Bonchev–Trinajstić information content (AvgIpc) is 2.53. The summed E-state index contributed by atoms with van der Waals surface area (Å²) in [6, 6.07) is 0. The molecule has 1 heterocycles. The number of hydrogen-bond donors (Lipinski definition) is 3. The average molecular weight is 166 g/mol. The number of nitrogen functional groups attached to an aromatic ring is 1. The number of allylic oxidation sites excluding steroid dienone is 1. The molecule has 4 nitrogen and oxygen atoms in total. The van der Waals surface area contributed by atoms with Gasteiger partial charge in [-0.1, -0.05) is 12.7 Å². The van der Waals surface area contributed by atoms with Crippen LogP contribution in [0.4, 0.5) is 5.82 Å². The van der Waals surface area contributed by atoms with Gasteiger partial charge in [0.2, 0.25) is 0 Å². The molecule has 0 saturated carbocycles. The fourth-order valence-electron chi connectivity index (χ4n) is 0.514. The number of H-pyrrole nitrogens is 1. The van der Waals surface area contributed by atoms with E-state index in [9.17, 15) is 0 Å². The van der Waals surface area contributed by atoms with Crippen LogP contribution in [-0.2, 0) is 0 Å². The Morgan fingerprint density at radius 1 is 1.67 bits per heavy atom. The van der Waals surface area contributed by atoms with Crippen molar-refractivity contribution in [2.75, 3.05) is 5.43 Å². The van der Waals surface area contributed by atoms with Crippen LogP contribution in [0.15, 0.2) is 25.4 Å². The molecule has 1 rings (SSSR count). The number of imidazole rings is 1. The molecule has 12 heavy (non-hydrogen) atoms. The van der Waals surface area contributed by atoms with Gasteiger partial charge in [0.25, 0.3) is 0 Å². The van der Waals surface area contributed by atoms with E-state index in [4.69, 9.17) is 5.84 Å². The summed E-state index contributed by atoms with van der Waals surface area (Å²) in [5.74, 6) is 6.46. The molecule has 4 N–H and O–H groups in total. The van der Waals surface area contributed by atoms with Gasteiger partial charge in [0, 0.05) is 0 Å². The molecule has 0 unspecified atom stereocenters. The van der Waals surface area contributed by atoms with E-state index in [0.717, 1.165) is 0 Å². The number of aromatic nitrogens is 2. The van der Waals surface area contributed by atoms with Gasteiger partial charge < -0.3 is 10.4 Å². The highest BCUT2D eigenvalue weighted by Crippen LogP contribution is 2.00. The van der Waals surface area contributed by atoms with Gasteiger partial charge in [0.15, 0.2) is 0 Å². The molecule has 4 heteroatoms. The van der Waals surface area contributed by atoms with E-state index in [1.165, 1.54) is 0 Å². The fourth-order valence-corrected chi connectivity index (χ4v) is 0.514. The molecule has 0 spiro atoms. The molecule has 0 aromatic carbocycles. The Morgan fingerprint density at radius 2 is 2.25 bits per heavy atom. The highest BCUT2D eigenvalue weighted by atomic mass is 15.3. The third kappa shape index (κ3) is 3.58. The van der Waals surface area contributed by atoms with E-state index in [2.05, 4.69) is 28.6 Å². The van der Waals surface area contributed by atoms with Crippen molar-refractivity contribution in [3.63, 3.8) is 0 Å². The van der Waals surface area contributed by atoms with Crippen molar-refractivity contribution in [1.29, 1.82) is 0 Å². The molecule has 0 fully saturated rings. The smallest absolute Gasteiger partial charge is 0.137 e. The lowest BCUT2D eigenvalue weighted by atomic mass is 10.6. The van der Waals surface area contributed by atoms with Crippen LogP contribution in [0.1, 0.15) is 12.7 Å². The highest BCUT2D eigenvalue weighted by Gasteiger charge is 1.90. The Hall–Kier alpha value is -1.55. The van der Waals surface area contributed by atoms with Crippen molar-refractivity contribution < 1.29 is 0 Å². The standard InChI is InChI=1S/C5H8N4.C3H6/c1-2-4-7-3-5(8-4)9-6;1-3-2/h2-3,9H,1,6H2,(H,7,8);3H,1H2,2H3. The zero-order valence-electron chi connectivity index (χ0n) is 7.17. The van der Waals surface area contributed by atoms with Crippen molar-refractivity contribution in [2.24, 2.45) is 5.84 Å². The summed E-state index contributed by atoms with van der Waals surface area (Å²) in [5, 5.41) is 0. The van der Waals surface area contributed by atoms with E-state index in [1.807, 2.05) is 6.92 Å². The van der Waals surface area contributed by atoms with Crippen LogP contribution in [0.5, 0.6) is 0 Å². The summed E-state index contributed by atoms with van der Waals surface area (Å²) < 4.78 is 0. The zero-order valence-corrected chi connectivity index (χ0v) is 7.17. The first kappa shape index (κ1) is 10.4. The van der Waals surface area contributed by atoms with Gasteiger partial charge in [-0.25, -0.2) is 10.8 Å². The molecule has 0 bridgehead atoms. The normalized spacial score (nSPS) is 7.83. The third-order valence-electron chi connectivity index (χ3n) is 0.944. The number of nitrogens with zero attached hydrogens (tertiary/aromatic N) is 1. The van der Waals surface area contributed by atoms with Crippen LogP contribution in [0.3, 0.4) is 0 Å². The largest absolute Gasteiger partial charge is 0.324 e. The predicted octanol–water partition coefficient (Wildman–Crippen LogP) is 1.53. The number of anilines is 1. The third-order valence-corrected chi connectivity index (χ3v) is 0.944. The first-order chi connectivity index (χ1) is 5.78. The van der Waals surface area contributed by atoms with Crippen molar-refractivity contribution in [3.8, 4) is 0 Å². The highest BCUT2D eigenvalue weighted by molar-refractivity contribution is 5.42. The molecule has 0 atom stereocenters. The number of nitrogens with one attached hydrogen (secondary N) is 2. The van der Waals surface area contributed by atoms with Crippen LogP contribution in [-0.4, -0.2) is 9.97 Å². The second-order valence-corrected chi connectivity index (χ2v) is 1.94. The van der Waals surface area contributed by atoms with Gasteiger partial charge in [-0.05, 0) is 13.0 Å². The van der Waals surface area contributed by atoms with Gasteiger partial charge in [-0.3, -0.25) is 0 Å². The summed E-state index contributed by atoms with van der Waals surface area (Å²) in [5.41, 5.74) is 2.42. The monoisotopic (exact) mass is 166 g/mol. The molecular formula is C8H14N4.